The van der Waals surface area contributed by atoms with Crippen LogP contribution in [0.1, 0.15) is 61.5 Å². The number of aryl methyl sites for hydroxylation is 1. The number of halogens is 1. The third-order valence-corrected chi connectivity index (χ3v) is 3.75. The molecule has 1 aromatic rings. The first-order chi connectivity index (χ1) is 10.6. The molecule has 1 aromatic carbocycles. The molecule has 0 N–H and O–H groups in total. The van der Waals surface area contributed by atoms with Gasteiger partial charge in [-0.05, 0) is 70.2 Å². The van der Waals surface area contributed by atoms with Gasteiger partial charge in [0.05, 0.1) is 18.1 Å². The number of esters is 2. The van der Waals surface area contributed by atoms with Crippen LogP contribution < -0.4 is 0 Å². The van der Waals surface area contributed by atoms with Gasteiger partial charge in [-0.15, -0.1) is 0 Å². The van der Waals surface area contributed by atoms with E-state index >= 15 is 0 Å². The highest BCUT2D eigenvalue weighted by Gasteiger charge is 2.46. The highest BCUT2D eigenvalue weighted by atomic mass is 19.1. The van der Waals surface area contributed by atoms with Gasteiger partial charge in [0, 0.05) is 0 Å². The van der Waals surface area contributed by atoms with E-state index in [-0.39, 0.29) is 23.4 Å². The summed E-state index contributed by atoms with van der Waals surface area (Å²) >= 11 is 0. The van der Waals surface area contributed by atoms with Crippen molar-refractivity contribution in [2.45, 2.75) is 52.6 Å². The van der Waals surface area contributed by atoms with Crippen molar-refractivity contribution in [2.75, 3.05) is 6.61 Å². The van der Waals surface area contributed by atoms with Gasteiger partial charge in [0.2, 0.25) is 0 Å². The van der Waals surface area contributed by atoms with E-state index in [1.54, 1.807) is 34.6 Å². The van der Waals surface area contributed by atoms with E-state index in [0.717, 1.165) is 11.1 Å². The van der Waals surface area contributed by atoms with E-state index < -0.39 is 17.4 Å². The lowest BCUT2D eigenvalue weighted by atomic mass is 9.99. The molecular weight excluding hydrogens is 299 g/mol. The van der Waals surface area contributed by atoms with Gasteiger partial charge in [0.1, 0.15) is 11.4 Å². The van der Waals surface area contributed by atoms with Crippen LogP contribution in [0.3, 0.4) is 0 Å². The predicted octanol–water partition coefficient (Wildman–Crippen LogP) is 3.76. The highest BCUT2D eigenvalue weighted by Crippen LogP contribution is 2.49. The van der Waals surface area contributed by atoms with Crippen LogP contribution in [0.5, 0.6) is 0 Å². The zero-order chi connectivity index (χ0) is 17.4. The average Bonchev–Trinajstić information content (AvgIpc) is 3.17. The fourth-order valence-electron chi connectivity index (χ4n) is 2.63. The standard InChI is InChI=1S/C18H23FO4/c1-6-22-16(20)13-9-12(13)11-8-14(15(19)7-10(11)2)17(21)23-18(3,4)5/h7-8,12-13H,6,9H2,1-5H3. The molecule has 126 valence electrons. The number of ether oxygens (including phenoxy) is 2. The van der Waals surface area contributed by atoms with Crippen LogP contribution >= 0.6 is 0 Å². The Morgan fingerprint density at radius 3 is 2.52 bits per heavy atom. The van der Waals surface area contributed by atoms with Gasteiger partial charge in [-0.3, -0.25) is 4.79 Å². The molecule has 1 aliphatic rings. The number of benzene rings is 1. The quantitative estimate of drug-likeness (QED) is 0.792. The Morgan fingerprint density at radius 2 is 1.96 bits per heavy atom. The monoisotopic (exact) mass is 322 g/mol. The molecule has 0 heterocycles. The van der Waals surface area contributed by atoms with Gasteiger partial charge in [-0.2, -0.15) is 0 Å². The van der Waals surface area contributed by atoms with E-state index in [1.807, 2.05) is 0 Å². The number of hydrogen-bond acceptors (Lipinski definition) is 4. The van der Waals surface area contributed by atoms with Crippen LogP contribution in [0.15, 0.2) is 12.1 Å². The Morgan fingerprint density at radius 1 is 1.30 bits per heavy atom. The Balaban J connectivity index is 2.24. The summed E-state index contributed by atoms with van der Waals surface area (Å²) in [6, 6.07) is 2.84. The molecule has 2 unspecified atom stereocenters. The maximum Gasteiger partial charge on any atom is 0.341 e. The average molecular weight is 322 g/mol. The van der Waals surface area contributed by atoms with Gasteiger partial charge >= 0.3 is 11.9 Å². The lowest BCUT2D eigenvalue weighted by Gasteiger charge is -2.20. The summed E-state index contributed by atoms with van der Waals surface area (Å²) in [7, 11) is 0. The van der Waals surface area contributed by atoms with Crippen LogP contribution in [0.2, 0.25) is 0 Å². The third kappa shape index (κ3) is 4.09. The van der Waals surface area contributed by atoms with Gasteiger partial charge in [-0.1, -0.05) is 0 Å². The molecule has 23 heavy (non-hydrogen) atoms. The molecular formula is C18H23FO4. The Kier molecular flexibility index (Phi) is 4.78. The van der Waals surface area contributed by atoms with Crippen molar-refractivity contribution >= 4 is 11.9 Å². The van der Waals surface area contributed by atoms with E-state index in [9.17, 15) is 14.0 Å². The molecule has 1 saturated carbocycles. The maximum atomic E-state index is 14.1. The number of carbonyl (C=O) groups is 2. The molecule has 0 spiro atoms. The van der Waals surface area contributed by atoms with Crippen LogP contribution in [0, 0.1) is 18.7 Å². The molecule has 1 fully saturated rings. The summed E-state index contributed by atoms with van der Waals surface area (Å²) in [6.07, 6.45) is 0.666. The summed E-state index contributed by atoms with van der Waals surface area (Å²) in [4.78, 5) is 23.9. The largest absolute Gasteiger partial charge is 0.466 e. The lowest BCUT2D eigenvalue weighted by molar-refractivity contribution is -0.144. The summed E-state index contributed by atoms with van der Waals surface area (Å²) in [6.45, 7) is 9.07. The Labute approximate surface area is 136 Å². The summed E-state index contributed by atoms with van der Waals surface area (Å²) in [5, 5.41) is 0. The fourth-order valence-corrected chi connectivity index (χ4v) is 2.63. The van der Waals surface area contributed by atoms with Crippen molar-refractivity contribution < 1.29 is 23.5 Å². The second-order valence-corrected chi connectivity index (χ2v) is 6.89. The number of rotatable bonds is 4. The second kappa shape index (κ2) is 6.30. The zero-order valence-corrected chi connectivity index (χ0v) is 14.2. The SMILES string of the molecule is CCOC(=O)C1CC1c1cc(C(=O)OC(C)(C)C)c(F)cc1C. The molecule has 5 heteroatoms. The van der Waals surface area contributed by atoms with Crippen molar-refractivity contribution in [3.63, 3.8) is 0 Å². The smallest absolute Gasteiger partial charge is 0.341 e. The van der Waals surface area contributed by atoms with Crippen LogP contribution in [-0.2, 0) is 14.3 Å². The topological polar surface area (TPSA) is 52.6 Å². The van der Waals surface area contributed by atoms with Crippen LogP contribution in [-0.4, -0.2) is 24.1 Å². The van der Waals surface area contributed by atoms with Crippen molar-refractivity contribution in [2.24, 2.45) is 5.92 Å². The molecule has 0 bridgehead atoms. The first-order valence-electron chi connectivity index (χ1n) is 7.84. The lowest BCUT2D eigenvalue weighted by Crippen LogP contribution is -2.24. The summed E-state index contributed by atoms with van der Waals surface area (Å²) in [5.74, 6) is -1.75. The minimum Gasteiger partial charge on any atom is -0.466 e. The summed E-state index contributed by atoms with van der Waals surface area (Å²) in [5.41, 5.74) is 0.758. The second-order valence-electron chi connectivity index (χ2n) is 6.89. The normalized spacial score (nSPS) is 20.1. The zero-order valence-electron chi connectivity index (χ0n) is 14.2. The first-order valence-corrected chi connectivity index (χ1v) is 7.84. The van der Waals surface area contributed by atoms with E-state index in [1.165, 1.54) is 12.1 Å². The Hall–Kier alpha value is -1.91. The van der Waals surface area contributed by atoms with Crippen molar-refractivity contribution in [3.05, 3.63) is 34.6 Å². The molecule has 4 nitrogen and oxygen atoms in total. The van der Waals surface area contributed by atoms with Gasteiger partial charge in [0.25, 0.3) is 0 Å². The maximum absolute atomic E-state index is 14.1. The number of carbonyl (C=O) groups excluding carboxylic acids is 2. The minimum atomic E-state index is -0.693. The van der Waals surface area contributed by atoms with Gasteiger partial charge < -0.3 is 9.47 Å². The van der Waals surface area contributed by atoms with E-state index in [2.05, 4.69) is 0 Å². The van der Waals surface area contributed by atoms with E-state index in [0.29, 0.717) is 13.0 Å². The molecule has 0 aromatic heterocycles. The van der Waals surface area contributed by atoms with E-state index in [4.69, 9.17) is 9.47 Å². The molecule has 0 radical (unpaired) electrons. The Bertz CT molecular complexity index is 631. The first kappa shape index (κ1) is 17.4. The molecule has 0 saturated heterocycles. The summed E-state index contributed by atoms with van der Waals surface area (Å²) < 4.78 is 24.4. The van der Waals surface area contributed by atoms with Gasteiger partial charge in [0.15, 0.2) is 0 Å². The predicted molar refractivity (Wildman–Crippen MR) is 83.8 cm³/mol. The van der Waals surface area contributed by atoms with Crippen molar-refractivity contribution in [1.82, 2.24) is 0 Å². The minimum absolute atomic E-state index is 0.0177. The highest BCUT2D eigenvalue weighted by molar-refractivity contribution is 5.90. The van der Waals surface area contributed by atoms with Crippen LogP contribution in [0.25, 0.3) is 0 Å². The van der Waals surface area contributed by atoms with Crippen LogP contribution in [0.4, 0.5) is 4.39 Å². The molecule has 2 atom stereocenters. The molecule has 2 rings (SSSR count). The van der Waals surface area contributed by atoms with Crippen molar-refractivity contribution in [1.29, 1.82) is 0 Å². The number of hydrogen-bond donors (Lipinski definition) is 0. The van der Waals surface area contributed by atoms with Gasteiger partial charge in [-0.25, -0.2) is 9.18 Å². The molecule has 1 aliphatic carbocycles. The third-order valence-electron chi connectivity index (χ3n) is 3.75. The fraction of sp³-hybridized carbons (Fsp3) is 0.556. The molecule has 0 amide bonds. The van der Waals surface area contributed by atoms with Crippen molar-refractivity contribution in [3.8, 4) is 0 Å². The molecule has 0 aliphatic heterocycles.